The summed E-state index contributed by atoms with van der Waals surface area (Å²) in [6.07, 6.45) is 5.58. The SMILES string of the molecule is CC1CCC(C(=O)N2CCCC(=O)c3ccccc32)CC1. The first kappa shape index (κ1) is 14.3. The Morgan fingerprint density at radius 1 is 1.14 bits per heavy atom. The molecule has 0 radical (unpaired) electrons. The van der Waals surface area contributed by atoms with Crippen molar-refractivity contribution in [3.63, 3.8) is 0 Å². The zero-order chi connectivity index (χ0) is 14.8. The molecule has 0 spiro atoms. The smallest absolute Gasteiger partial charge is 0.230 e. The minimum Gasteiger partial charge on any atom is -0.311 e. The maximum Gasteiger partial charge on any atom is 0.230 e. The fourth-order valence-corrected chi connectivity index (χ4v) is 3.55. The van der Waals surface area contributed by atoms with E-state index in [0.717, 1.165) is 43.7 Å². The number of Topliss-reactive ketones (excluding diaryl/α,β-unsaturated/α-hetero) is 1. The van der Waals surface area contributed by atoms with Crippen LogP contribution in [-0.4, -0.2) is 18.2 Å². The molecule has 0 unspecified atom stereocenters. The number of ketones is 1. The molecule has 3 heteroatoms. The summed E-state index contributed by atoms with van der Waals surface area (Å²) >= 11 is 0. The van der Waals surface area contributed by atoms with Gasteiger partial charge in [-0.3, -0.25) is 9.59 Å². The largest absolute Gasteiger partial charge is 0.311 e. The molecule has 3 rings (SSSR count). The van der Waals surface area contributed by atoms with Crippen LogP contribution in [-0.2, 0) is 4.79 Å². The van der Waals surface area contributed by atoms with Gasteiger partial charge in [0.2, 0.25) is 5.91 Å². The summed E-state index contributed by atoms with van der Waals surface area (Å²) in [7, 11) is 0. The van der Waals surface area contributed by atoms with Gasteiger partial charge in [0.15, 0.2) is 5.78 Å². The molecule has 0 aromatic heterocycles. The van der Waals surface area contributed by atoms with Crippen LogP contribution in [0, 0.1) is 11.8 Å². The van der Waals surface area contributed by atoms with Crippen molar-refractivity contribution in [2.75, 3.05) is 11.4 Å². The number of benzene rings is 1. The molecule has 1 aliphatic carbocycles. The average Bonchev–Trinajstić information content (AvgIpc) is 2.67. The van der Waals surface area contributed by atoms with Gasteiger partial charge in [-0.25, -0.2) is 0 Å². The normalized spacial score (nSPS) is 26.1. The fourth-order valence-electron chi connectivity index (χ4n) is 3.55. The van der Waals surface area contributed by atoms with Gasteiger partial charge in [-0.15, -0.1) is 0 Å². The minimum atomic E-state index is 0.141. The van der Waals surface area contributed by atoms with Crippen molar-refractivity contribution in [1.82, 2.24) is 0 Å². The monoisotopic (exact) mass is 285 g/mol. The van der Waals surface area contributed by atoms with Crippen LogP contribution in [0.4, 0.5) is 5.69 Å². The van der Waals surface area contributed by atoms with Crippen molar-refractivity contribution in [3.05, 3.63) is 29.8 Å². The van der Waals surface area contributed by atoms with Crippen LogP contribution in [0.1, 0.15) is 55.8 Å². The quantitative estimate of drug-likeness (QED) is 0.786. The van der Waals surface area contributed by atoms with Gasteiger partial charge in [0.25, 0.3) is 0 Å². The fraction of sp³-hybridized carbons (Fsp3) is 0.556. The Morgan fingerprint density at radius 2 is 1.86 bits per heavy atom. The second-order valence-electron chi connectivity index (χ2n) is 6.49. The van der Waals surface area contributed by atoms with E-state index >= 15 is 0 Å². The summed E-state index contributed by atoms with van der Waals surface area (Å²) in [6, 6.07) is 7.57. The number of hydrogen-bond acceptors (Lipinski definition) is 2. The number of anilines is 1. The third-order valence-corrected chi connectivity index (χ3v) is 4.91. The number of para-hydroxylation sites is 1. The standard InChI is InChI=1S/C18H23NO2/c1-13-8-10-14(11-9-13)18(21)19-12-4-7-17(20)15-5-2-3-6-16(15)19/h2-3,5-6,13-14H,4,7-12H2,1H3. The molecule has 1 aromatic carbocycles. The zero-order valence-electron chi connectivity index (χ0n) is 12.7. The van der Waals surface area contributed by atoms with Crippen molar-refractivity contribution in [2.45, 2.75) is 45.4 Å². The maximum atomic E-state index is 12.9. The Kier molecular flexibility index (Phi) is 4.09. The van der Waals surface area contributed by atoms with Crippen LogP contribution in [0.2, 0.25) is 0 Å². The molecule has 1 fully saturated rings. The minimum absolute atomic E-state index is 0.141. The van der Waals surface area contributed by atoms with E-state index in [2.05, 4.69) is 6.92 Å². The molecule has 3 nitrogen and oxygen atoms in total. The summed E-state index contributed by atoms with van der Waals surface area (Å²) in [5.41, 5.74) is 1.54. The lowest BCUT2D eigenvalue weighted by Crippen LogP contribution is -2.38. The van der Waals surface area contributed by atoms with Crippen LogP contribution in [0.15, 0.2) is 24.3 Å². The number of amides is 1. The molecule has 21 heavy (non-hydrogen) atoms. The van der Waals surface area contributed by atoms with E-state index in [9.17, 15) is 9.59 Å². The predicted octanol–water partition coefficient (Wildman–Crippen LogP) is 3.82. The van der Waals surface area contributed by atoms with Gasteiger partial charge in [-0.1, -0.05) is 19.1 Å². The lowest BCUT2D eigenvalue weighted by Gasteiger charge is -2.31. The number of fused-ring (bicyclic) bond motifs is 1. The van der Waals surface area contributed by atoms with Crippen LogP contribution < -0.4 is 4.90 Å². The van der Waals surface area contributed by atoms with E-state index in [4.69, 9.17) is 0 Å². The molecule has 0 atom stereocenters. The molecule has 1 aliphatic heterocycles. The number of carbonyl (C=O) groups excluding carboxylic acids is 2. The lowest BCUT2D eigenvalue weighted by molar-refractivity contribution is -0.123. The average molecular weight is 285 g/mol. The lowest BCUT2D eigenvalue weighted by atomic mass is 9.82. The Balaban J connectivity index is 1.86. The van der Waals surface area contributed by atoms with Crippen molar-refractivity contribution in [3.8, 4) is 0 Å². The predicted molar refractivity (Wildman–Crippen MR) is 83.5 cm³/mol. The highest BCUT2D eigenvalue weighted by molar-refractivity contribution is 6.07. The third-order valence-electron chi connectivity index (χ3n) is 4.91. The summed E-state index contributed by atoms with van der Waals surface area (Å²) in [6.45, 7) is 2.94. The van der Waals surface area contributed by atoms with Crippen LogP contribution in [0.3, 0.4) is 0 Å². The summed E-state index contributed by atoms with van der Waals surface area (Å²) in [4.78, 5) is 26.9. The van der Waals surface area contributed by atoms with E-state index in [1.54, 1.807) is 0 Å². The Bertz CT molecular complexity index is 544. The van der Waals surface area contributed by atoms with Crippen molar-refractivity contribution < 1.29 is 9.59 Å². The van der Waals surface area contributed by atoms with Crippen LogP contribution in [0.25, 0.3) is 0 Å². The molecule has 0 bridgehead atoms. The second-order valence-corrected chi connectivity index (χ2v) is 6.49. The van der Waals surface area contributed by atoms with Gasteiger partial charge in [-0.05, 0) is 50.2 Å². The van der Waals surface area contributed by atoms with Crippen molar-refractivity contribution in [1.29, 1.82) is 0 Å². The molecular formula is C18H23NO2. The van der Waals surface area contributed by atoms with E-state index in [0.29, 0.717) is 18.5 Å². The molecule has 0 N–H and O–H groups in total. The highest BCUT2D eigenvalue weighted by atomic mass is 16.2. The Labute approximate surface area is 126 Å². The van der Waals surface area contributed by atoms with Gasteiger partial charge in [0, 0.05) is 24.4 Å². The van der Waals surface area contributed by atoms with E-state index in [-0.39, 0.29) is 17.6 Å². The zero-order valence-corrected chi connectivity index (χ0v) is 12.7. The van der Waals surface area contributed by atoms with Gasteiger partial charge in [0.05, 0.1) is 5.69 Å². The van der Waals surface area contributed by atoms with Gasteiger partial charge < -0.3 is 4.90 Å². The van der Waals surface area contributed by atoms with Crippen LogP contribution >= 0.6 is 0 Å². The molecule has 1 heterocycles. The summed E-state index contributed by atoms with van der Waals surface area (Å²) in [5, 5.41) is 0. The second kappa shape index (κ2) is 6.00. The number of rotatable bonds is 1. The molecule has 2 aliphatic rings. The number of hydrogen-bond donors (Lipinski definition) is 0. The molecule has 0 saturated heterocycles. The van der Waals surface area contributed by atoms with Gasteiger partial charge >= 0.3 is 0 Å². The van der Waals surface area contributed by atoms with Crippen LogP contribution in [0.5, 0.6) is 0 Å². The molecule has 1 saturated carbocycles. The van der Waals surface area contributed by atoms with E-state index < -0.39 is 0 Å². The number of carbonyl (C=O) groups is 2. The molecule has 112 valence electrons. The highest BCUT2D eigenvalue weighted by Crippen LogP contribution is 2.33. The topological polar surface area (TPSA) is 37.4 Å². The Hall–Kier alpha value is -1.64. The Morgan fingerprint density at radius 3 is 2.62 bits per heavy atom. The first-order chi connectivity index (χ1) is 10.2. The van der Waals surface area contributed by atoms with Gasteiger partial charge in [-0.2, -0.15) is 0 Å². The number of nitrogens with zero attached hydrogens (tertiary/aromatic N) is 1. The first-order valence-electron chi connectivity index (χ1n) is 8.10. The summed E-state index contributed by atoms with van der Waals surface area (Å²) < 4.78 is 0. The van der Waals surface area contributed by atoms with Gasteiger partial charge in [0.1, 0.15) is 0 Å². The maximum absolute atomic E-state index is 12.9. The molecule has 1 amide bonds. The van der Waals surface area contributed by atoms with E-state index in [1.165, 1.54) is 0 Å². The highest BCUT2D eigenvalue weighted by Gasteiger charge is 2.31. The summed E-state index contributed by atoms with van der Waals surface area (Å²) in [5.74, 6) is 1.27. The first-order valence-corrected chi connectivity index (χ1v) is 8.10. The van der Waals surface area contributed by atoms with Crippen molar-refractivity contribution in [2.24, 2.45) is 11.8 Å². The van der Waals surface area contributed by atoms with Crippen molar-refractivity contribution >= 4 is 17.4 Å². The third kappa shape index (κ3) is 2.87. The van der Waals surface area contributed by atoms with E-state index in [1.807, 2.05) is 29.2 Å². The molecule has 1 aromatic rings. The molecular weight excluding hydrogens is 262 g/mol.